The van der Waals surface area contributed by atoms with Crippen LogP contribution in [0.3, 0.4) is 0 Å². The number of amides is 1. The molecule has 5 heteroatoms. The lowest BCUT2D eigenvalue weighted by atomic mass is 10.0. The number of hydrogen-bond donors (Lipinski definition) is 2. The Labute approximate surface area is 109 Å². The van der Waals surface area contributed by atoms with E-state index in [9.17, 15) is 9.90 Å². The lowest BCUT2D eigenvalue weighted by molar-refractivity contribution is -0.121. The van der Waals surface area contributed by atoms with E-state index in [0.29, 0.717) is 12.2 Å². The second-order valence-electron chi connectivity index (χ2n) is 4.28. The van der Waals surface area contributed by atoms with Gasteiger partial charge in [-0.25, -0.2) is 0 Å². The molecular weight excluding hydrogens is 250 g/mol. The van der Waals surface area contributed by atoms with E-state index >= 15 is 0 Å². The molecule has 2 rings (SSSR count). The number of furan rings is 1. The molecule has 0 aromatic carbocycles. The van der Waals surface area contributed by atoms with Crippen molar-refractivity contribution in [3.8, 4) is 0 Å². The van der Waals surface area contributed by atoms with Crippen LogP contribution in [0.5, 0.6) is 0 Å². The average molecular weight is 265 g/mol. The third-order valence-corrected chi connectivity index (χ3v) is 3.47. The zero-order valence-corrected chi connectivity index (χ0v) is 10.9. The van der Waals surface area contributed by atoms with Crippen LogP contribution in [0.15, 0.2) is 40.3 Å². The number of aliphatic hydroxyl groups is 1. The van der Waals surface area contributed by atoms with E-state index in [1.165, 1.54) is 6.26 Å². The zero-order chi connectivity index (χ0) is 13.0. The molecule has 0 aliphatic carbocycles. The number of carbonyl (C=O) groups excluding carboxylic acids is 1. The van der Waals surface area contributed by atoms with Crippen LogP contribution in [-0.4, -0.2) is 17.6 Å². The van der Waals surface area contributed by atoms with Crippen molar-refractivity contribution < 1.29 is 14.3 Å². The monoisotopic (exact) mass is 265 g/mol. The Morgan fingerprint density at radius 1 is 1.50 bits per heavy atom. The van der Waals surface area contributed by atoms with Gasteiger partial charge in [-0.2, -0.15) is 0 Å². The normalized spacial score (nSPS) is 14.1. The molecule has 0 aliphatic heterocycles. The number of rotatable bonds is 5. The van der Waals surface area contributed by atoms with E-state index in [1.807, 2.05) is 17.5 Å². The Hall–Kier alpha value is -1.59. The molecule has 0 fully saturated rings. The van der Waals surface area contributed by atoms with E-state index < -0.39 is 5.60 Å². The van der Waals surface area contributed by atoms with Gasteiger partial charge in [0.15, 0.2) is 0 Å². The summed E-state index contributed by atoms with van der Waals surface area (Å²) in [5, 5.41) is 14.8. The molecule has 18 heavy (non-hydrogen) atoms. The van der Waals surface area contributed by atoms with Crippen LogP contribution in [-0.2, 0) is 16.8 Å². The molecule has 2 N–H and O–H groups in total. The van der Waals surface area contributed by atoms with Crippen molar-refractivity contribution >= 4 is 17.2 Å². The predicted molar refractivity (Wildman–Crippen MR) is 69.3 cm³/mol. The van der Waals surface area contributed by atoms with Crippen molar-refractivity contribution in [3.63, 3.8) is 0 Å². The Morgan fingerprint density at radius 3 is 2.94 bits per heavy atom. The Balaban J connectivity index is 1.86. The molecule has 2 aromatic heterocycles. The van der Waals surface area contributed by atoms with E-state index in [1.54, 1.807) is 30.4 Å². The minimum Gasteiger partial charge on any atom is -0.466 e. The van der Waals surface area contributed by atoms with Crippen LogP contribution in [0.25, 0.3) is 0 Å². The summed E-state index contributed by atoms with van der Waals surface area (Å²) >= 11 is 1.54. The van der Waals surface area contributed by atoms with Crippen molar-refractivity contribution in [2.24, 2.45) is 0 Å². The highest BCUT2D eigenvalue weighted by Gasteiger charge is 2.26. The standard InChI is InChI=1S/C13H15NO3S/c1-13(16,11-5-2-6-17-11)9-14-12(15)8-10-4-3-7-18-10/h2-7,16H,8-9H2,1H3,(H,14,15)/t13-/m0/s1. The fourth-order valence-electron chi connectivity index (χ4n) is 1.58. The quantitative estimate of drug-likeness (QED) is 0.868. The molecule has 0 saturated carbocycles. The van der Waals surface area contributed by atoms with Gasteiger partial charge in [-0.05, 0) is 30.5 Å². The van der Waals surface area contributed by atoms with Crippen LogP contribution in [0, 0.1) is 0 Å². The summed E-state index contributed by atoms with van der Waals surface area (Å²) in [6.07, 6.45) is 1.84. The maximum absolute atomic E-state index is 11.7. The molecule has 96 valence electrons. The Bertz CT molecular complexity index is 488. The largest absolute Gasteiger partial charge is 0.466 e. The molecule has 0 saturated heterocycles. The number of carbonyl (C=O) groups is 1. The van der Waals surface area contributed by atoms with Gasteiger partial charge >= 0.3 is 0 Å². The fraction of sp³-hybridized carbons (Fsp3) is 0.308. The lowest BCUT2D eigenvalue weighted by Crippen LogP contribution is -2.38. The topological polar surface area (TPSA) is 62.5 Å². The summed E-state index contributed by atoms with van der Waals surface area (Å²) in [7, 11) is 0. The van der Waals surface area contributed by atoms with Gasteiger partial charge < -0.3 is 14.8 Å². The van der Waals surface area contributed by atoms with Gasteiger partial charge in [-0.3, -0.25) is 4.79 Å². The highest BCUT2D eigenvalue weighted by atomic mass is 32.1. The molecule has 2 heterocycles. The molecule has 1 amide bonds. The van der Waals surface area contributed by atoms with Crippen LogP contribution in [0.1, 0.15) is 17.6 Å². The van der Waals surface area contributed by atoms with Crippen LogP contribution >= 0.6 is 11.3 Å². The number of thiophene rings is 1. The second kappa shape index (κ2) is 5.37. The molecule has 2 aromatic rings. The Kier molecular flexibility index (Phi) is 3.84. The third kappa shape index (κ3) is 3.21. The van der Waals surface area contributed by atoms with Gasteiger partial charge in [0, 0.05) is 4.88 Å². The van der Waals surface area contributed by atoms with E-state index in [2.05, 4.69) is 5.32 Å². The molecule has 0 spiro atoms. The summed E-state index contributed by atoms with van der Waals surface area (Å²) in [5.41, 5.74) is -1.19. The molecule has 4 nitrogen and oxygen atoms in total. The van der Waals surface area contributed by atoms with Crippen LogP contribution in [0.2, 0.25) is 0 Å². The summed E-state index contributed by atoms with van der Waals surface area (Å²) < 4.78 is 5.14. The zero-order valence-electron chi connectivity index (χ0n) is 10.1. The van der Waals surface area contributed by atoms with Gasteiger partial charge in [0.05, 0.1) is 19.2 Å². The Morgan fingerprint density at radius 2 is 2.33 bits per heavy atom. The highest BCUT2D eigenvalue weighted by Crippen LogP contribution is 2.19. The maximum atomic E-state index is 11.7. The van der Waals surface area contributed by atoms with Crippen molar-refractivity contribution in [2.75, 3.05) is 6.54 Å². The SMILES string of the molecule is C[C@](O)(CNC(=O)Cc1cccs1)c1ccco1. The van der Waals surface area contributed by atoms with E-state index in [4.69, 9.17) is 4.42 Å². The summed E-state index contributed by atoms with van der Waals surface area (Å²) in [5.74, 6) is 0.336. The first-order chi connectivity index (χ1) is 8.58. The highest BCUT2D eigenvalue weighted by molar-refractivity contribution is 7.10. The summed E-state index contributed by atoms with van der Waals surface area (Å²) in [6, 6.07) is 7.21. The van der Waals surface area contributed by atoms with Crippen LogP contribution in [0.4, 0.5) is 0 Å². The van der Waals surface area contributed by atoms with E-state index in [-0.39, 0.29) is 12.5 Å². The molecule has 0 unspecified atom stereocenters. The number of nitrogens with one attached hydrogen (secondary N) is 1. The lowest BCUT2D eigenvalue weighted by Gasteiger charge is -2.21. The fourth-order valence-corrected chi connectivity index (χ4v) is 2.28. The first-order valence-corrected chi connectivity index (χ1v) is 6.51. The van der Waals surface area contributed by atoms with Gasteiger partial charge in [-0.15, -0.1) is 11.3 Å². The van der Waals surface area contributed by atoms with Crippen molar-refractivity contribution in [1.29, 1.82) is 0 Å². The minimum atomic E-state index is -1.19. The first-order valence-electron chi connectivity index (χ1n) is 5.63. The van der Waals surface area contributed by atoms with Gasteiger partial charge in [0.1, 0.15) is 11.4 Å². The molecule has 1 atom stereocenters. The first kappa shape index (κ1) is 12.9. The predicted octanol–water partition coefficient (Wildman–Crippen LogP) is 1.91. The van der Waals surface area contributed by atoms with Gasteiger partial charge in [-0.1, -0.05) is 6.07 Å². The van der Waals surface area contributed by atoms with Gasteiger partial charge in [0.25, 0.3) is 0 Å². The summed E-state index contributed by atoms with van der Waals surface area (Å²) in [4.78, 5) is 12.7. The van der Waals surface area contributed by atoms with Crippen molar-refractivity contribution in [2.45, 2.75) is 18.9 Å². The molecule has 0 aliphatic rings. The maximum Gasteiger partial charge on any atom is 0.225 e. The summed E-state index contributed by atoms with van der Waals surface area (Å²) in [6.45, 7) is 1.74. The second-order valence-corrected chi connectivity index (χ2v) is 5.32. The van der Waals surface area contributed by atoms with Crippen molar-refractivity contribution in [1.82, 2.24) is 5.32 Å². The molecule has 0 radical (unpaired) electrons. The average Bonchev–Trinajstić information content (AvgIpc) is 2.99. The number of hydrogen-bond acceptors (Lipinski definition) is 4. The van der Waals surface area contributed by atoms with Crippen molar-refractivity contribution in [3.05, 3.63) is 46.5 Å². The van der Waals surface area contributed by atoms with Gasteiger partial charge in [0.2, 0.25) is 5.91 Å². The molecular formula is C13H15NO3S. The minimum absolute atomic E-state index is 0.107. The smallest absolute Gasteiger partial charge is 0.225 e. The third-order valence-electron chi connectivity index (χ3n) is 2.60. The van der Waals surface area contributed by atoms with Crippen LogP contribution < -0.4 is 5.32 Å². The molecule has 0 bridgehead atoms. The van der Waals surface area contributed by atoms with E-state index in [0.717, 1.165) is 4.88 Å².